The quantitative estimate of drug-likeness (QED) is 0.519. The number of halogens is 1. The van der Waals surface area contributed by atoms with Crippen LogP contribution < -0.4 is 15.9 Å². The molecule has 0 bridgehead atoms. The van der Waals surface area contributed by atoms with Crippen LogP contribution in [0.2, 0.25) is 0 Å². The molecule has 8 heteroatoms. The van der Waals surface area contributed by atoms with E-state index in [0.29, 0.717) is 42.9 Å². The third-order valence-electron chi connectivity index (χ3n) is 7.02. The van der Waals surface area contributed by atoms with Crippen molar-refractivity contribution >= 4 is 18.5 Å². The number of rotatable bonds is 4. The second-order valence-electron chi connectivity index (χ2n) is 9.12. The molecular weight excluding hydrogens is 434 g/mol. The molecule has 2 aliphatic rings. The van der Waals surface area contributed by atoms with Gasteiger partial charge < -0.3 is 25.4 Å². The normalized spacial score (nSPS) is 16.3. The number of piperidine rings is 1. The molecule has 0 aliphatic carbocycles. The van der Waals surface area contributed by atoms with E-state index < -0.39 is 12.9 Å². The maximum absolute atomic E-state index is 14.0. The van der Waals surface area contributed by atoms with Crippen molar-refractivity contribution in [2.45, 2.75) is 24.8 Å². The zero-order valence-electron chi connectivity index (χ0n) is 18.7. The number of hydrogen-bond donors (Lipinski definition) is 3. The van der Waals surface area contributed by atoms with E-state index in [2.05, 4.69) is 6.07 Å². The van der Waals surface area contributed by atoms with Gasteiger partial charge in [0.1, 0.15) is 11.6 Å². The zero-order chi connectivity index (χ0) is 23.9. The number of fused-ring (bicyclic) bond motifs is 2. The van der Waals surface area contributed by atoms with Crippen LogP contribution in [0.1, 0.15) is 34.3 Å². The lowest BCUT2D eigenvalue weighted by atomic mass is 9.74. The van der Waals surface area contributed by atoms with Crippen LogP contribution in [-0.2, 0) is 12.0 Å². The maximum Gasteiger partial charge on any atom is 0.488 e. The number of nitrogens with two attached hydrogens (primary N) is 1. The van der Waals surface area contributed by atoms with Gasteiger partial charge in [-0.1, -0.05) is 30.3 Å². The monoisotopic (exact) mass is 460 g/mol. The summed E-state index contributed by atoms with van der Waals surface area (Å²) in [5.74, 6) is 0.257. The highest BCUT2D eigenvalue weighted by molar-refractivity contribution is 6.58. The Labute approximate surface area is 197 Å². The summed E-state index contributed by atoms with van der Waals surface area (Å²) < 4.78 is 20.0. The first kappa shape index (κ1) is 22.6. The number of amides is 1. The molecule has 4 N–H and O–H groups in total. The Bertz CT molecular complexity index is 1240. The van der Waals surface area contributed by atoms with Crippen molar-refractivity contribution in [3.63, 3.8) is 0 Å². The molecular formula is C26H26BFN2O4. The van der Waals surface area contributed by atoms with Crippen LogP contribution >= 0.6 is 0 Å². The lowest BCUT2D eigenvalue weighted by Crippen LogP contribution is -2.46. The van der Waals surface area contributed by atoms with E-state index >= 15 is 0 Å². The summed E-state index contributed by atoms with van der Waals surface area (Å²) in [4.78, 5) is 15.1. The van der Waals surface area contributed by atoms with E-state index in [-0.39, 0.29) is 16.8 Å². The van der Waals surface area contributed by atoms with Crippen LogP contribution in [-0.4, -0.2) is 47.7 Å². The highest BCUT2D eigenvalue weighted by Crippen LogP contribution is 2.46. The van der Waals surface area contributed by atoms with Gasteiger partial charge in [-0.25, -0.2) is 4.39 Å². The minimum absolute atomic E-state index is 0.0601. The number of hydrogen-bond acceptors (Lipinski definition) is 5. The van der Waals surface area contributed by atoms with Gasteiger partial charge in [0.2, 0.25) is 0 Å². The molecule has 3 aromatic rings. The molecule has 1 saturated heterocycles. The predicted molar refractivity (Wildman–Crippen MR) is 128 cm³/mol. The Morgan fingerprint density at radius 2 is 1.85 bits per heavy atom. The van der Waals surface area contributed by atoms with Crippen molar-refractivity contribution in [3.8, 4) is 16.9 Å². The summed E-state index contributed by atoms with van der Waals surface area (Å²) in [5, 5.41) is 18.8. The van der Waals surface area contributed by atoms with E-state index in [1.54, 1.807) is 24.3 Å². The van der Waals surface area contributed by atoms with Gasteiger partial charge in [0.15, 0.2) is 0 Å². The van der Waals surface area contributed by atoms with E-state index in [4.69, 9.17) is 10.5 Å². The third-order valence-corrected chi connectivity index (χ3v) is 7.02. The lowest BCUT2D eigenvalue weighted by Gasteiger charge is -2.38. The number of nitrogens with zero attached hydrogens (tertiary/aromatic N) is 1. The Morgan fingerprint density at radius 1 is 1.06 bits per heavy atom. The minimum Gasteiger partial charge on any atom is -0.492 e. The number of benzene rings is 3. The number of likely N-dealkylation sites (tertiary alicyclic amines) is 1. The Morgan fingerprint density at radius 3 is 2.59 bits per heavy atom. The van der Waals surface area contributed by atoms with Crippen LogP contribution in [0.15, 0.2) is 60.7 Å². The van der Waals surface area contributed by atoms with Crippen LogP contribution in [0, 0.1) is 5.82 Å². The number of ether oxygens (including phenoxy) is 1. The highest BCUT2D eigenvalue weighted by Gasteiger charge is 2.44. The fourth-order valence-electron chi connectivity index (χ4n) is 5.03. The molecule has 0 saturated carbocycles. The molecule has 174 valence electrons. The van der Waals surface area contributed by atoms with Gasteiger partial charge in [-0.3, -0.25) is 4.79 Å². The Hall–Kier alpha value is -3.20. The highest BCUT2D eigenvalue weighted by atomic mass is 19.1. The third kappa shape index (κ3) is 4.09. The van der Waals surface area contributed by atoms with E-state index in [9.17, 15) is 19.2 Å². The molecule has 1 spiro atoms. The predicted octanol–water partition coefficient (Wildman–Crippen LogP) is 2.20. The Kier molecular flexibility index (Phi) is 5.89. The van der Waals surface area contributed by atoms with Crippen molar-refractivity contribution < 1.29 is 24.0 Å². The first-order valence-electron chi connectivity index (χ1n) is 11.4. The standard InChI is InChI=1S/C26H26BFN2O4/c28-22-13-20(12-21(14-22)27(32)33)18-2-1-3-19(11-18)25(31)30-8-6-26(7-9-30)16-34-24-5-4-17(15-29)10-23(24)26/h1-5,10-14,32-33H,6-9,15-16,29H2. The van der Waals surface area contributed by atoms with Gasteiger partial charge in [-0.15, -0.1) is 0 Å². The molecule has 2 heterocycles. The molecule has 1 amide bonds. The van der Waals surface area contributed by atoms with Gasteiger partial charge in [0.25, 0.3) is 5.91 Å². The van der Waals surface area contributed by atoms with E-state index in [1.165, 1.54) is 17.7 Å². The summed E-state index contributed by atoms with van der Waals surface area (Å²) >= 11 is 0. The summed E-state index contributed by atoms with van der Waals surface area (Å²) in [6, 6.07) is 17.0. The molecule has 1 fully saturated rings. The van der Waals surface area contributed by atoms with Crippen molar-refractivity contribution in [2.75, 3.05) is 19.7 Å². The average molecular weight is 460 g/mol. The first-order valence-corrected chi connectivity index (χ1v) is 11.4. The Balaban J connectivity index is 1.34. The largest absolute Gasteiger partial charge is 0.492 e. The smallest absolute Gasteiger partial charge is 0.488 e. The number of carbonyl (C=O) groups is 1. The van der Waals surface area contributed by atoms with Crippen LogP contribution in [0.3, 0.4) is 0 Å². The van der Waals surface area contributed by atoms with Crippen molar-refractivity contribution in [3.05, 3.63) is 83.2 Å². The van der Waals surface area contributed by atoms with Crippen LogP contribution in [0.5, 0.6) is 5.75 Å². The van der Waals surface area contributed by atoms with Gasteiger partial charge in [-0.05, 0) is 65.3 Å². The molecule has 3 aromatic carbocycles. The van der Waals surface area contributed by atoms with E-state index in [1.807, 2.05) is 17.0 Å². The lowest BCUT2D eigenvalue weighted by molar-refractivity contribution is 0.0646. The molecule has 0 unspecified atom stereocenters. The molecule has 0 atom stereocenters. The van der Waals surface area contributed by atoms with Gasteiger partial charge in [0.05, 0.1) is 6.61 Å². The van der Waals surface area contributed by atoms with Crippen molar-refractivity contribution in [2.24, 2.45) is 5.73 Å². The summed E-state index contributed by atoms with van der Waals surface area (Å²) in [6.07, 6.45) is 1.61. The topological polar surface area (TPSA) is 96.0 Å². The second-order valence-corrected chi connectivity index (χ2v) is 9.12. The van der Waals surface area contributed by atoms with Crippen molar-refractivity contribution in [1.82, 2.24) is 4.90 Å². The summed E-state index contributed by atoms with van der Waals surface area (Å²) in [7, 11) is -1.77. The summed E-state index contributed by atoms with van der Waals surface area (Å²) in [6.45, 7) is 2.32. The molecule has 0 radical (unpaired) electrons. The van der Waals surface area contributed by atoms with Gasteiger partial charge in [-0.2, -0.15) is 0 Å². The zero-order valence-corrected chi connectivity index (χ0v) is 18.7. The minimum atomic E-state index is -1.77. The molecule has 34 heavy (non-hydrogen) atoms. The summed E-state index contributed by atoms with van der Waals surface area (Å²) in [5.41, 5.74) is 9.69. The fraction of sp³-hybridized carbons (Fsp3) is 0.269. The molecule has 5 rings (SSSR count). The SMILES string of the molecule is NCc1ccc2c(c1)C1(CCN(C(=O)c3cccc(-c4cc(F)cc(B(O)O)c4)c3)CC1)CO2. The first-order chi connectivity index (χ1) is 16.4. The molecule has 2 aliphatic heterocycles. The van der Waals surface area contributed by atoms with Crippen LogP contribution in [0.4, 0.5) is 4.39 Å². The maximum atomic E-state index is 14.0. The molecule has 6 nitrogen and oxygen atoms in total. The fourth-order valence-corrected chi connectivity index (χ4v) is 5.03. The molecule has 0 aromatic heterocycles. The van der Waals surface area contributed by atoms with E-state index in [0.717, 1.165) is 30.2 Å². The van der Waals surface area contributed by atoms with Gasteiger partial charge >= 0.3 is 7.12 Å². The second kappa shape index (κ2) is 8.87. The van der Waals surface area contributed by atoms with Gasteiger partial charge in [0, 0.05) is 36.2 Å². The average Bonchev–Trinajstić information content (AvgIpc) is 3.20. The number of carbonyl (C=O) groups excluding carboxylic acids is 1. The van der Waals surface area contributed by atoms with Crippen molar-refractivity contribution in [1.29, 1.82) is 0 Å². The van der Waals surface area contributed by atoms with Crippen LogP contribution in [0.25, 0.3) is 11.1 Å².